The van der Waals surface area contributed by atoms with Gasteiger partial charge < -0.3 is 20.5 Å². The van der Waals surface area contributed by atoms with E-state index in [2.05, 4.69) is 15.5 Å². The van der Waals surface area contributed by atoms with E-state index in [0.717, 1.165) is 6.42 Å². The summed E-state index contributed by atoms with van der Waals surface area (Å²) in [7, 11) is 0. The number of carbonyl (C=O) groups is 2. The Morgan fingerprint density at radius 1 is 1.36 bits per heavy atom. The van der Waals surface area contributed by atoms with Gasteiger partial charge in [0.15, 0.2) is 0 Å². The van der Waals surface area contributed by atoms with Gasteiger partial charge in [-0.3, -0.25) is 14.9 Å². The van der Waals surface area contributed by atoms with E-state index in [1.54, 1.807) is 0 Å². The molecule has 11 nitrogen and oxygen atoms in total. The van der Waals surface area contributed by atoms with Gasteiger partial charge in [0.1, 0.15) is 6.04 Å². The first-order valence-electron chi connectivity index (χ1n) is 7.41. The fourth-order valence-corrected chi connectivity index (χ4v) is 2.60. The van der Waals surface area contributed by atoms with Gasteiger partial charge in [-0.15, -0.1) is 0 Å². The number of nitrogens with two attached hydrogens (primary N) is 1. The number of aromatic nitrogens is 2. The van der Waals surface area contributed by atoms with E-state index >= 15 is 0 Å². The molecule has 0 unspecified atom stereocenters. The van der Waals surface area contributed by atoms with E-state index in [1.807, 2.05) is 0 Å². The van der Waals surface area contributed by atoms with Gasteiger partial charge in [-0.1, -0.05) is 5.16 Å². The first-order valence-corrected chi connectivity index (χ1v) is 7.41. The number of non-ortho nitro benzene ring substituents is 1. The highest BCUT2D eigenvalue weighted by Crippen LogP contribution is 2.31. The van der Waals surface area contributed by atoms with E-state index in [0.29, 0.717) is 18.7 Å². The standard InChI is InChI=1S/C14H14N6O5/c15-11(21)12-17-13(25-18-12)10-2-1-7-19(10)14(22)16-8-3-5-9(6-4-8)20(23)24/h3-6,10H,1-2,7H2,(H2,15,21)(H,16,22)/t10-/m0/s1. The maximum Gasteiger partial charge on any atom is 0.322 e. The van der Waals surface area contributed by atoms with Gasteiger partial charge >= 0.3 is 6.03 Å². The van der Waals surface area contributed by atoms with E-state index in [-0.39, 0.29) is 17.4 Å². The number of nitro groups is 1. The number of urea groups is 1. The molecule has 1 aliphatic rings. The van der Waals surface area contributed by atoms with E-state index in [1.165, 1.54) is 29.2 Å². The number of benzene rings is 1. The topological polar surface area (TPSA) is 157 Å². The molecule has 0 saturated carbocycles. The van der Waals surface area contributed by atoms with Gasteiger partial charge in [-0.2, -0.15) is 4.98 Å². The molecule has 3 rings (SSSR count). The molecule has 130 valence electrons. The third-order valence-corrected chi connectivity index (χ3v) is 3.79. The number of hydrogen-bond acceptors (Lipinski definition) is 7. The summed E-state index contributed by atoms with van der Waals surface area (Å²) < 4.78 is 5.02. The number of likely N-dealkylation sites (tertiary alicyclic amines) is 1. The van der Waals surface area contributed by atoms with Crippen LogP contribution in [0.4, 0.5) is 16.2 Å². The maximum absolute atomic E-state index is 12.5. The van der Waals surface area contributed by atoms with Crippen LogP contribution >= 0.6 is 0 Å². The lowest BCUT2D eigenvalue weighted by Crippen LogP contribution is -2.34. The highest BCUT2D eigenvalue weighted by molar-refractivity contribution is 5.90. The third-order valence-electron chi connectivity index (χ3n) is 3.79. The molecule has 1 saturated heterocycles. The summed E-state index contributed by atoms with van der Waals surface area (Å²) in [5.74, 6) is -0.905. The zero-order valence-corrected chi connectivity index (χ0v) is 12.9. The van der Waals surface area contributed by atoms with Gasteiger partial charge in [0, 0.05) is 24.4 Å². The van der Waals surface area contributed by atoms with Gasteiger partial charge in [-0.05, 0) is 25.0 Å². The summed E-state index contributed by atoms with van der Waals surface area (Å²) in [6.45, 7) is 0.470. The molecule has 1 aliphatic heterocycles. The second kappa shape index (κ2) is 6.55. The minimum Gasteiger partial charge on any atom is -0.363 e. The van der Waals surface area contributed by atoms with Crippen molar-refractivity contribution in [3.63, 3.8) is 0 Å². The molecule has 0 bridgehead atoms. The SMILES string of the molecule is NC(=O)c1noc([C@@H]2CCCN2C(=O)Nc2ccc([N+](=O)[O-])cc2)n1. The van der Waals surface area contributed by atoms with Crippen LogP contribution in [0.15, 0.2) is 28.8 Å². The van der Waals surface area contributed by atoms with Crippen molar-refractivity contribution in [1.82, 2.24) is 15.0 Å². The van der Waals surface area contributed by atoms with Crippen LogP contribution in [0.1, 0.15) is 35.4 Å². The summed E-state index contributed by atoms with van der Waals surface area (Å²) in [6, 6.07) is 4.62. The van der Waals surface area contributed by atoms with Crippen LogP contribution in [-0.4, -0.2) is 38.4 Å². The number of rotatable bonds is 4. The van der Waals surface area contributed by atoms with E-state index < -0.39 is 22.9 Å². The second-order valence-electron chi connectivity index (χ2n) is 5.41. The van der Waals surface area contributed by atoms with Gasteiger partial charge in [0.2, 0.25) is 5.89 Å². The highest BCUT2D eigenvalue weighted by atomic mass is 16.6. The predicted octanol–water partition coefficient (Wildman–Crippen LogP) is 1.45. The lowest BCUT2D eigenvalue weighted by atomic mass is 10.2. The molecule has 25 heavy (non-hydrogen) atoms. The Balaban J connectivity index is 1.71. The number of amides is 3. The predicted molar refractivity (Wildman–Crippen MR) is 83.6 cm³/mol. The molecule has 1 atom stereocenters. The monoisotopic (exact) mass is 346 g/mol. The smallest absolute Gasteiger partial charge is 0.322 e. The third kappa shape index (κ3) is 3.39. The normalized spacial score (nSPS) is 16.6. The number of nitrogens with zero attached hydrogens (tertiary/aromatic N) is 4. The molecule has 1 fully saturated rings. The second-order valence-corrected chi connectivity index (χ2v) is 5.41. The molecular weight excluding hydrogens is 332 g/mol. The van der Waals surface area contributed by atoms with Crippen LogP contribution in [0.25, 0.3) is 0 Å². The lowest BCUT2D eigenvalue weighted by molar-refractivity contribution is -0.384. The fourth-order valence-electron chi connectivity index (χ4n) is 2.60. The number of nitro benzene ring substituents is 1. The van der Waals surface area contributed by atoms with Gasteiger partial charge in [0.05, 0.1) is 4.92 Å². The van der Waals surface area contributed by atoms with Crippen molar-refractivity contribution in [1.29, 1.82) is 0 Å². The zero-order chi connectivity index (χ0) is 18.0. The molecule has 0 spiro atoms. The molecule has 11 heteroatoms. The van der Waals surface area contributed by atoms with Crippen molar-refractivity contribution in [2.45, 2.75) is 18.9 Å². The number of hydrogen-bond donors (Lipinski definition) is 2. The summed E-state index contributed by atoms with van der Waals surface area (Å²) >= 11 is 0. The number of nitrogens with one attached hydrogen (secondary N) is 1. The largest absolute Gasteiger partial charge is 0.363 e. The van der Waals surface area contributed by atoms with Crippen LogP contribution in [0.3, 0.4) is 0 Å². The minimum absolute atomic E-state index is 0.0677. The van der Waals surface area contributed by atoms with E-state index in [4.69, 9.17) is 10.3 Å². The van der Waals surface area contributed by atoms with Crippen molar-refractivity contribution < 1.29 is 19.0 Å². The van der Waals surface area contributed by atoms with Crippen molar-refractivity contribution in [2.24, 2.45) is 5.73 Å². The van der Waals surface area contributed by atoms with Crippen molar-refractivity contribution in [3.8, 4) is 0 Å². The average Bonchev–Trinajstić information content (AvgIpc) is 3.24. The van der Waals surface area contributed by atoms with Gasteiger partial charge in [-0.25, -0.2) is 4.79 Å². The molecule has 2 aromatic rings. The molecule has 3 amide bonds. The number of primary amides is 1. The first kappa shape index (κ1) is 16.4. The maximum atomic E-state index is 12.5. The molecule has 0 radical (unpaired) electrons. The van der Waals surface area contributed by atoms with Crippen LogP contribution in [-0.2, 0) is 0 Å². The Hall–Kier alpha value is -3.50. The quantitative estimate of drug-likeness (QED) is 0.626. The summed E-state index contributed by atoms with van der Waals surface area (Å²) in [4.78, 5) is 39.1. The molecule has 3 N–H and O–H groups in total. The van der Waals surface area contributed by atoms with E-state index in [9.17, 15) is 19.7 Å². The minimum atomic E-state index is -0.810. The number of carbonyl (C=O) groups excluding carboxylic acids is 2. The fraction of sp³-hybridized carbons (Fsp3) is 0.286. The Kier molecular flexibility index (Phi) is 4.29. The van der Waals surface area contributed by atoms with Crippen molar-refractivity contribution >= 4 is 23.3 Å². The summed E-state index contributed by atoms with van der Waals surface area (Å²) in [5.41, 5.74) is 5.44. The Morgan fingerprint density at radius 3 is 2.68 bits per heavy atom. The summed E-state index contributed by atoms with van der Waals surface area (Å²) in [5, 5.41) is 16.8. The van der Waals surface area contributed by atoms with Gasteiger partial charge in [0.25, 0.3) is 17.4 Å². The Bertz CT molecular complexity index is 817. The van der Waals surface area contributed by atoms with Crippen LogP contribution in [0.5, 0.6) is 0 Å². The highest BCUT2D eigenvalue weighted by Gasteiger charge is 2.34. The Labute approximate surface area is 140 Å². The number of anilines is 1. The van der Waals surface area contributed by atoms with Crippen LogP contribution in [0, 0.1) is 10.1 Å². The van der Waals surface area contributed by atoms with Crippen LogP contribution in [0.2, 0.25) is 0 Å². The molecule has 1 aromatic carbocycles. The summed E-state index contributed by atoms with van der Waals surface area (Å²) in [6.07, 6.45) is 1.33. The molecular formula is C14H14N6O5. The zero-order valence-electron chi connectivity index (χ0n) is 12.9. The van der Waals surface area contributed by atoms with Crippen LogP contribution < -0.4 is 11.1 Å². The molecule has 2 heterocycles. The molecule has 1 aromatic heterocycles. The molecule has 0 aliphatic carbocycles. The Morgan fingerprint density at radius 2 is 2.08 bits per heavy atom. The average molecular weight is 346 g/mol. The first-order chi connectivity index (χ1) is 12.0. The van der Waals surface area contributed by atoms with Crippen molar-refractivity contribution in [2.75, 3.05) is 11.9 Å². The lowest BCUT2D eigenvalue weighted by Gasteiger charge is -2.22. The van der Waals surface area contributed by atoms with Crippen molar-refractivity contribution in [3.05, 3.63) is 46.1 Å².